The van der Waals surface area contributed by atoms with Crippen LogP contribution in [-0.2, 0) is 4.43 Å². The van der Waals surface area contributed by atoms with Crippen LogP contribution in [0.15, 0.2) is 36.4 Å². The van der Waals surface area contributed by atoms with Crippen LogP contribution >= 0.6 is 0 Å². The fourth-order valence-electron chi connectivity index (χ4n) is 2.33. The molecule has 2 aromatic carbocycles. The monoisotopic (exact) mass is 240 g/mol. The van der Waals surface area contributed by atoms with Crippen molar-refractivity contribution in [2.75, 3.05) is 0 Å². The first kappa shape index (κ1) is 10.6. The van der Waals surface area contributed by atoms with Gasteiger partial charge in [0.05, 0.1) is 0 Å². The van der Waals surface area contributed by atoms with Gasteiger partial charge in [0.15, 0.2) is 0 Å². The van der Waals surface area contributed by atoms with E-state index < -0.39 is 8.32 Å². The van der Waals surface area contributed by atoms with Crippen molar-refractivity contribution < 1.29 is 4.43 Å². The van der Waals surface area contributed by atoms with E-state index in [9.17, 15) is 0 Å². The zero-order valence-electron chi connectivity index (χ0n) is 10.4. The highest BCUT2D eigenvalue weighted by Crippen LogP contribution is 2.38. The Morgan fingerprint density at radius 2 is 1.65 bits per heavy atom. The maximum atomic E-state index is 6.17. The van der Waals surface area contributed by atoms with Gasteiger partial charge in [0, 0.05) is 5.56 Å². The molecule has 0 amide bonds. The molecule has 2 heteroatoms. The lowest BCUT2D eigenvalue weighted by atomic mass is 10.0. The molecule has 1 nitrogen and oxygen atoms in total. The van der Waals surface area contributed by atoms with E-state index in [1.54, 1.807) is 0 Å². The Labute approximate surface area is 103 Å². The van der Waals surface area contributed by atoms with Gasteiger partial charge in [-0.1, -0.05) is 36.4 Å². The molecule has 86 valence electrons. The molecular weight excluding hydrogens is 224 g/mol. The van der Waals surface area contributed by atoms with E-state index in [0.717, 1.165) is 5.76 Å². The van der Waals surface area contributed by atoms with Crippen molar-refractivity contribution in [2.24, 2.45) is 0 Å². The van der Waals surface area contributed by atoms with E-state index in [0.29, 0.717) is 0 Å². The maximum absolute atomic E-state index is 6.17. The zero-order valence-corrected chi connectivity index (χ0v) is 11.4. The molecule has 0 fully saturated rings. The molecule has 0 aliphatic heterocycles. The Morgan fingerprint density at radius 1 is 0.941 bits per heavy atom. The van der Waals surface area contributed by atoms with E-state index in [-0.39, 0.29) is 0 Å². The van der Waals surface area contributed by atoms with Gasteiger partial charge in [-0.15, -0.1) is 0 Å². The molecule has 0 bridgehead atoms. The molecule has 1 aliphatic carbocycles. The van der Waals surface area contributed by atoms with Gasteiger partial charge in [-0.3, -0.25) is 0 Å². The third kappa shape index (κ3) is 1.78. The highest BCUT2D eigenvalue weighted by atomic mass is 28.4. The molecule has 1 aliphatic rings. The van der Waals surface area contributed by atoms with Crippen LogP contribution in [0.5, 0.6) is 0 Å². The first-order valence-corrected chi connectivity index (χ1v) is 9.38. The van der Waals surface area contributed by atoms with Gasteiger partial charge >= 0.3 is 0 Å². The van der Waals surface area contributed by atoms with Gasteiger partial charge in [0.2, 0.25) is 8.32 Å². The zero-order chi connectivity index (χ0) is 12.0. The molecule has 0 atom stereocenters. The third-order valence-electron chi connectivity index (χ3n) is 2.91. The first-order chi connectivity index (χ1) is 8.04. The summed E-state index contributed by atoms with van der Waals surface area (Å²) in [5, 5.41) is 2.63. The summed E-state index contributed by atoms with van der Waals surface area (Å²) >= 11 is 0. The van der Waals surface area contributed by atoms with Crippen LogP contribution in [0.25, 0.3) is 22.6 Å². The minimum atomic E-state index is -1.55. The highest BCUT2D eigenvalue weighted by molar-refractivity contribution is 6.70. The molecule has 0 saturated carbocycles. The predicted molar refractivity (Wildman–Crippen MR) is 76.3 cm³/mol. The summed E-state index contributed by atoms with van der Waals surface area (Å²) in [5.74, 6) is 1.05. The average molecular weight is 240 g/mol. The minimum Gasteiger partial charge on any atom is -0.544 e. The molecule has 0 radical (unpaired) electrons. The fraction of sp³-hybridized carbons (Fsp3) is 0.200. The molecular formula is C15H16OSi. The molecule has 0 aromatic heterocycles. The fourth-order valence-corrected chi connectivity index (χ4v) is 3.16. The Hall–Kier alpha value is -1.54. The van der Waals surface area contributed by atoms with Gasteiger partial charge < -0.3 is 4.43 Å². The van der Waals surface area contributed by atoms with Crippen molar-refractivity contribution in [3.05, 3.63) is 47.5 Å². The highest BCUT2D eigenvalue weighted by Gasteiger charge is 2.23. The van der Waals surface area contributed by atoms with E-state index in [2.05, 4.69) is 62.1 Å². The normalized spacial score (nSPS) is 13.9. The van der Waals surface area contributed by atoms with Gasteiger partial charge in [-0.05, 0) is 42.1 Å². The lowest BCUT2D eigenvalue weighted by Crippen LogP contribution is -2.23. The van der Waals surface area contributed by atoms with Gasteiger partial charge in [0.25, 0.3) is 0 Å². The van der Waals surface area contributed by atoms with Gasteiger partial charge in [0.1, 0.15) is 5.76 Å². The van der Waals surface area contributed by atoms with Crippen molar-refractivity contribution in [2.45, 2.75) is 19.6 Å². The number of hydrogen-bond acceptors (Lipinski definition) is 1. The molecule has 0 saturated heterocycles. The summed E-state index contributed by atoms with van der Waals surface area (Å²) in [6.07, 6.45) is 2.18. The van der Waals surface area contributed by atoms with Crippen LogP contribution in [0, 0.1) is 0 Å². The smallest absolute Gasteiger partial charge is 0.242 e. The molecule has 2 aromatic rings. The third-order valence-corrected chi connectivity index (χ3v) is 3.74. The molecule has 17 heavy (non-hydrogen) atoms. The maximum Gasteiger partial charge on any atom is 0.242 e. The summed E-state index contributed by atoms with van der Waals surface area (Å²) < 4.78 is 6.17. The molecule has 0 spiro atoms. The van der Waals surface area contributed by atoms with E-state index >= 15 is 0 Å². The molecule has 0 N–H and O–H groups in total. The van der Waals surface area contributed by atoms with Crippen LogP contribution in [-0.4, -0.2) is 8.32 Å². The number of hydrogen-bond donors (Lipinski definition) is 0. The summed E-state index contributed by atoms with van der Waals surface area (Å²) in [7, 11) is -1.55. The van der Waals surface area contributed by atoms with Crippen LogP contribution in [0.1, 0.15) is 11.1 Å². The predicted octanol–water partition coefficient (Wildman–Crippen LogP) is 4.50. The topological polar surface area (TPSA) is 9.23 Å². The van der Waals surface area contributed by atoms with E-state index in [4.69, 9.17) is 4.43 Å². The largest absolute Gasteiger partial charge is 0.544 e. The van der Waals surface area contributed by atoms with Crippen molar-refractivity contribution in [3.63, 3.8) is 0 Å². The first-order valence-electron chi connectivity index (χ1n) is 5.97. The van der Waals surface area contributed by atoms with Crippen molar-refractivity contribution in [1.82, 2.24) is 0 Å². The van der Waals surface area contributed by atoms with Crippen LogP contribution in [0.2, 0.25) is 19.6 Å². The quantitative estimate of drug-likeness (QED) is 0.702. The van der Waals surface area contributed by atoms with Crippen LogP contribution in [0.3, 0.4) is 0 Å². The van der Waals surface area contributed by atoms with Gasteiger partial charge in [-0.2, -0.15) is 0 Å². The molecule has 0 heterocycles. The molecule has 3 rings (SSSR count). The van der Waals surface area contributed by atoms with Crippen molar-refractivity contribution >= 4 is 30.9 Å². The standard InChI is InChI=1S/C15H16OSi/c1-17(2,3)16-14-10-12-8-4-6-11-7-5-9-13(14)15(11)12/h4-10H,1-3H3. The molecule has 0 unspecified atom stereocenters. The second-order valence-corrected chi connectivity index (χ2v) is 9.90. The van der Waals surface area contributed by atoms with E-state index in [1.807, 2.05) is 0 Å². The summed E-state index contributed by atoms with van der Waals surface area (Å²) in [6.45, 7) is 6.66. The summed E-state index contributed by atoms with van der Waals surface area (Å²) in [4.78, 5) is 0. The minimum absolute atomic E-state index is 1.05. The van der Waals surface area contributed by atoms with Crippen LogP contribution in [0.4, 0.5) is 0 Å². The Morgan fingerprint density at radius 3 is 2.35 bits per heavy atom. The van der Waals surface area contributed by atoms with E-state index in [1.165, 1.54) is 21.9 Å². The average Bonchev–Trinajstić information content (AvgIpc) is 2.58. The Bertz CT molecular complexity index is 615. The Kier molecular flexibility index (Phi) is 2.17. The lowest BCUT2D eigenvalue weighted by Gasteiger charge is -2.20. The number of benzene rings is 2. The second kappa shape index (κ2) is 3.47. The van der Waals surface area contributed by atoms with Crippen molar-refractivity contribution in [1.29, 1.82) is 0 Å². The van der Waals surface area contributed by atoms with Gasteiger partial charge in [-0.25, -0.2) is 0 Å². The summed E-state index contributed by atoms with van der Waals surface area (Å²) in [5.41, 5.74) is 2.53. The Balaban J connectivity index is 2.17. The summed E-state index contributed by atoms with van der Waals surface area (Å²) in [6, 6.07) is 12.8. The van der Waals surface area contributed by atoms with Crippen molar-refractivity contribution in [3.8, 4) is 0 Å². The number of rotatable bonds is 2. The van der Waals surface area contributed by atoms with Crippen LogP contribution < -0.4 is 0 Å². The second-order valence-electron chi connectivity index (χ2n) is 5.47. The SMILES string of the molecule is C[Si](C)(C)OC1=Cc2cccc3cccc1c23. The lowest BCUT2D eigenvalue weighted by molar-refractivity contribution is 0.519.